The molecule has 1 atom stereocenters. The Kier molecular flexibility index (Phi) is 5.22. The van der Waals surface area contributed by atoms with E-state index in [1.54, 1.807) is 0 Å². The molecule has 1 fully saturated rings. The maximum Gasteiger partial charge on any atom is 0.337 e. The molecule has 2 heterocycles. The summed E-state index contributed by atoms with van der Waals surface area (Å²) in [6.45, 7) is 0.740. The Balaban J connectivity index is 1.84. The molecule has 1 saturated carbocycles. The third kappa shape index (κ3) is 3.23. The Labute approximate surface area is 183 Å². The van der Waals surface area contributed by atoms with Crippen molar-refractivity contribution >= 4 is 22.6 Å². The second-order valence-electron chi connectivity index (χ2n) is 8.90. The van der Waals surface area contributed by atoms with E-state index in [-0.39, 0.29) is 18.6 Å². The Hall–Kier alpha value is -2.79. The molecular weight excluding hydrogens is 388 g/mol. The largest absolute Gasteiger partial charge is 0.465 e. The first-order valence-corrected chi connectivity index (χ1v) is 11.3. The van der Waals surface area contributed by atoms with Crippen molar-refractivity contribution in [2.75, 3.05) is 25.7 Å². The molecule has 1 aliphatic carbocycles. The van der Waals surface area contributed by atoms with Crippen LogP contribution >= 0.6 is 0 Å². The molecule has 3 aromatic rings. The molecule has 0 saturated heterocycles. The molecule has 2 aliphatic rings. The second-order valence-corrected chi connectivity index (χ2v) is 8.90. The number of fused-ring (bicyclic) bond motifs is 5. The maximum atomic E-state index is 12.3. The van der Waals surface area contributed by atoms with Crippen molar-refractivity contribution in [1.29, 1.82) is 0 Å². The van der Waals surface area contributed by atoms with Gasteiger partial charge in [0.05, 0.1) is 31.0 Å². The van der Waals surface area contributed by atoms with Gasteiger partial charge >= 0.3 is 5.97 Å². The van der Waals surface area contributed by atoms with Crippen LogP contribution in [0.1, 0.15) is 53.9 Å². The Bertz CT molecular complexity index is 1130. The van der Waals surface area contributed by atoms with Gasteiger partial charge in [0.2, 0.25) is 0 Å². The van der Waals surface area contributed by atoms with Crippen molar-refractivity contribution < 1.29 is 14.6 Å². The zero-order valence-corrected chi connectivity index (χ0v) is 18.3. The van der Waals surface area contributed by atoms with Crippen LogP contribution in [-0.4, -0.2) is 42.4 Å². The van der Waals surface area contributed by atoms with Gasteiger partial charge in [-0.3, -0.25) is 0 Å². The minimum absolute atomic E-state index is 0.0426. The number of carbonyl (C=O) groups is 1. The molecule has 0 radical (unpaired) electrons. The lowest BCUT2D eigenvalue weighted by molar-refractivity contribution is 0.0601. The minimum Gasteiger partial charge on any atom is -0.465 e. The molecule has 31 heavy (non-hydrogen) atoms. The summed E-state index contributed by atoms with van der Waals surface area (Å²) in [4.78, 5) is 14.5. The smallest absolute Gasteiger partial charge is 0.337 e. The molecule has 1 N–H and O–H groups in total. The van der Waals surface area contributed by atoms with Gasteiger partial charge in [0.15, 0.2) is 0 Å². The molecule has 0 amide bonds. The summed E-state index contributed by atoms with van der Waals surface area (Å²) < 4.78 is 7.34. The number of likely N-dealkylation sites (N-methyl/N-ethyl adjacent to an activating group) is 1. The number of para-hydroxylation sites is 1. The number of aliphatic hydroxyl groups is 1. The molecule has 0 bridgehead atoms. The van der Waals surface area contributed by atoms with E-state index in [0.29, 0.717) is 18.0 Å². The van der Waals surface area contributed by atoms with Gasteiger partial charge in [-0.05, 0) is 42.5 Å². The summed E-state index contributed by atoms with van der Waals surface area (Å²) in [6.07, 6.45) is 6.23. The van der Waals surface area contributed by atoms with Crippen LogP contribution in [0, 0.1) is 0 Å². The normalized spacial score (nSPS) is 19.1. The van der Waals surface area contributed by atoms with Gasteiger partial charge in [-0.2, -0.15) is 0 Å². The number of esters is 1. The lowest BCUT2D eigenvalue weighted by Gasteiger charge is -2.28. The zero-order valence-electron chi connectivity index (χ0n) is 18.3. The summed E-state index contributed by atoms with van der Waals surface area (Å²) >= 11 is 0. The Morgan fingerprint density at radius 2 is 1.90 bits per heavy atom. The van der Waals surface area contributed by atoms with Gasteiger partial charge in [-0.25, -0.2) is 4.79 Å². The Morgan fingerprint density at radius 3 is 2.65 bits per heavy atom. The zero-order chi connectivity index (χ0) is 21.5. The number of ether oxygens (including phenoxy) is 1. The lowest BCUT2D eigenvalue weighted by atomic mass is 9.81. The predicted molar refractivity (Wildman–Crippen MR) is 124 cm³/mol. The second kappa shape index (κ2) is 8.04. The summed E-state index contributed by atoms with van der Waals surface area (Å²) in [6, 6.07) is 14.4. The van der Waals surface area contributed by atoms with E-state index in [1.165, 1.54) is 61.4 Å². The van der Waals surface area contributed by atoms with E-state index in [9.17, 15) is 9.90 Å². The molecule has 162 valence electrons. The number of nitrogens with zero attached hydrogens (tertiary/aromatic N) is 2. The molecule has 0 spiro atoms. The standard InChI is InChI=1S/C26H30N2O3/c1-27-19(16-29)15-28-23-14-18(26(30)31-2)12-13-20(23)24(17-8-4-3-5-9-17)25(28)21-10-6-7-11-22(21)27/h6-7,10-14,17,19,29H,3-5,8-9,15-16H2,1-2H3. The van der Waals surface area contributed by atoms with Crippen molar-refractivity contribution in [2.45, 2.75) is 50.6 Å². The average Bonchev–Trinajstić information content (AvgIpc) is 3.08. The topological polar surface area (TPSA) is 54.7 Å². The lowest BCUT2D eigenvalue weighted by Crippen LogP contribution is -2.37. The molecular formula is C26H30N2O3. The number of rotatable bonds is 3. The van der Waals surface area contributed by atoms with Crippen molar-refractivity contribution in [3.8, 4) is 11.3 Å². The SMILES string of the molecule is COC(=O)c1ccc2c(C3CCCCC3)c3n(c2c1)CC(CO)N(C)c1ccccc1-3. The fourth-order valence-corrected chi connectivity index (χ4v) is 5.60. The number of aromatic nitrogens is 1. The van der Waals surface area contributed by atoms with E-state index in [2.05, 4.69) is 46.8 Å². The first-order valence-electron chi connectivity index (χ1n) is 11.3. The number of hydrogen-bond acceptors (Lipinski definition) is 4. The van der Waals surface area contributed by atoms with E-state index in [1.807, 2.05) is 12.1 Å². The van der Waals surface area contributed by atoms with Crippen LogP contribution in [0.2, 0.25) is 0 Å². The molecule has 5 heteroatoms. The van der Waals surface area contributed by atoms with Crippen molar-refractivity contribution in [3.63, 3.8) is 0 Å². The number of aliphatic hydroxyl groups excluding tert-OH is 1. The number of carbonyl (C=O) groups excluding carboxylic acids is 1. The molecule has 5 nitrogen and oxygen atoms in total. The van der Waals surface area contributed by atoms with Crippen molar-refractivity contribution in [2.24, 2.45) is 0 Å². The highest BCUT2D eigenvalue weighted by atomic mass is 16.5. The average molecular weight is 419 g/mol. The Morgan fingerprint density at radius 1 is 1.13 bits per heavy atom. The molecule has 1 aromatic heterocycles. The molecule has 5 rings (SSSR count). The summed E-state index contributed by atoms with van der Waals surface area (Å²) in [5, 5.41) is 11.4. The van der Waals surface area contributed by atoms with E-state index < -0.39 is 0 Å². The fourth-order valence-electron chi connectivity index (χ4n) is 5.60. The third-order valence-electron chi connectivity index (χ3n) is 7.23. The van der Waals surface area contributed by atoms with Crippen LogP contribution in [-0.2, 0) is 11.3 Å². The number of benzene rings is 2. The number of hydrogen-bond donors (Lipinski definition) is 1. The van der Waals surface area contributed by atoms with E-state index in [0.717, 1.165) is 11.2 Å². The van der Waals surface area contributed by atoms with E-state index in [4.69, 9.17) is 4.74 Å². The van der Waals surface area contributed by atoms with Gasteiger partial charge in [0.25, 0.3) is 0 Å². The highest BCUT2D eigenvalue weighted by Gasteiger charge is 2.32. The number of anilines is 1. The first kappa shape index (κ1) is 20.1. The van der Waals surface area contributed by atoms with Gasteiger partial charge in [-0.15, -0.1) is 0 Å². The predicted octanol–water partition coefficient (Wildman–Crippen LogP) is 4.95. The highest BCUT2D eigenvalue weighted by molar-refractivity contribution is 6.00. The van der Waals surface area contributed by atoms with Crippen molar-refractivity contribution in [1.82, 2.24) is 4.57 Å². The van der Waals surface area contributed by atoms with Crippen LogP contribution in [0.3, 0.4) is 0 Å². The first-order chi connectivity index (χ1) is 15.1. The summed E-state index contributed by atoms with van der Waals surface area (Å²) in [5.41, 5.74) is 6.64. The van der Waals surface area contributed by atoms with Gasteiger partial charge in [-0.1, -0.05) is 43.5 Å². The van der Waals surface area contributed by atoms with Gasteiger partial charge < -0.3 is 19.3 Å². The quantitative estimate of drug-likeness (QED) is 0.611. The highest BCUT2D eigenvalue weighted by Crippen LogP contribution is 2.47. The van der Waals surface area contributed by atoms with Gasteiger partial charge in [0.1, 0.15) is 0 Å². The van der Waals surface area contributed by atoms with Crippen LogP contribution in [0.15, 0.2) is 42.5 Å². The summed E-state index contributed by atoms with van der Waals surface area (Å²) in [7, 11) is 3.49. The van der Waals surface area contributed by atoms with Crippen LogP contribution in [0.4, 0.5) is 5.69 Å². The van der Waals surface area contributed by atoms with Crippen molar-refractivity contribution in [3.05, 3.63) is 53.6 Å². The van der Waals surface area contributed by atoms with Crippen LogP contribution in [0.5, 0.6) is 0 Å². The van der Waals surface area contributed by atoms with Crippen LogP contribution in [0.25, 0.3) is 22.2 Å². The monoisotopic (exact) mass is 418 g/mol. The summed E-state index contributed by atoms with van der Waals surface area (Å²) in [5.74, 6) is 0.196. The van der Waals surface area contributed by atoms with Crippen LogP contribution < -0.4 is 4.90 Å². The van der Waals surface area contributed by atoms with Gasteiger partial charge in [0, 0.05) is 35.7 Å². The minimum atomic E-state index is -0.318. The van der Waals surface area contributed by atoms with E-state index >= 15 is 0 Å². The molecule has 1 aliphatic heterocycles. The molecule has 1 unspecified atom stereocenters. The fraction of sp³-hybridized carbons (Fsp3) is 0.423. The molecule has 2 aromatic carbocycles. The maximum absolute atomic E-state index is 12.3. The number of methoxy groups -OCH3 is 1. The third-order valence-corrected chi connectivity index (χ3v) is 7.23.